The molecule has 1 atom stereocenters. The zero-order valence-electron chi connectivity index (χ0n) is 21.0. The van der Waals surface area contributed by atoms with Crippen molar-refractivity contribution in [2.24, 2.45) is 0 Å². The van der Waals surface area contributed by atoms with Gasteiger partial charge in [-0.2, -0.15) is 0 Å². The summed E-state index contributed by atoms with van der Waals surface area (Å²) in [7, 11) is 0. The highest BCUT2D eigenvalue weighted by Crippen LogP contribution is 2.20. The molecule has 1 aliphatic rings. The van der Waals surface area contributed by atoms with Gasteiger partial charge in [0.15, 0.2) is 5.11 Å². The number of amides is 1. The van der Waals surface area contributed by atoms with Gasteiger partial charge in [-0.3, -0.25) is 9.69 Å². The molecule has 0 bridgehead atoms. The Morgan fingerprint density at radius 1 is 1.06 bits per heavy atom. The van der Waals surface area contributed by atoms with E-state index >= 15 is 0 Å². The average molecular weight is 491 g/mol. The highest BCUT2D eigenvalue weighted by atomic mass is 32.1. The van der Waals surface area contributed by atoms with Gasteiger partial charge in [0.2, 0.25) is 0 Å². The third-order valence-corrected chi connectivity index (χ3v) is 5.55. The summed E-state index contributed by atoms with van der Waals surface area (Å²) in [6, 6.07) is 16.4. The number of carboxylic acids is 1. The molecule has 2 N–H and O–H groups in total. The number of carbonyl (C=O) groups excluding carboxylic acids is 1. The fourth-order valence-corrected chi connectivity index (χ4v) is 3.72. The van der Waals surface area contributed by atoms with Crippen LogP contribution >= 0.6 is 12.2 Å². The molecule has 1 unspecified atom stereocenters. The van der Waals surface area contributed by atoms with E-state index in [1.807, 2.05) is 63.3 Å². The molecule has 184 valence electrons. The quantitative estimate of drug-likeness (QED) is 0.281. The van der Waals surface area contributed by atoms with Crippen LogP contribution in [0.2, 0.25) is 0 Å². The fourth-order valence-electron chi connectivity index (χ4n) is 3.40. The Kier molecular flexibility index (Phi) is 10.6. The smallest absolute Gasteiger partial charge is 0.327 e. The van der Waals surface area contributed by atoms with Crippen LogP contribution in [0.25, 0.3) is 5.57 Å². The van der Waals surface area contributed by atoms with Crippen molar-refractivity contribution in [1.82, 2.24) is 10.2 Å². The predicted molar refractivity (Wildman–Crippen MR) is 147 cm³/mol. The predicted octanol–water partition coefficient (Wildman–Crippen LogP) is 6.06. The summed E-state index contributed by atoms with van der Waals surface area (Å²) in [6.07, 6.45) is 7.02. The lowest BCUT2D eigenvalue weighted by Crippen LogP contribution is -2.46. The van der Waals surface area contributed by atoms with E-state index in [2.05, 4.69) is 43.4 Å². The van der Waals surface area contributed by atoms with Crippen LogP contribution in [0.4, 0.5) is 0 Å². The van der Waals surface area contributed by atoms with E-state index in [0.717, 1.165) is 27.2 Å². The minimum absolute atomic E-state index is 0.101. The summed E-state index contributed by atoms with van der Waals surface area (Å²) in [6.45, 7) is 10.2. The number of thiocarbonyl (C=S) groups is 1. The maximum Gasteiger partial charge on any atom is 0.327 e. The van der Waals surface area contributed by atoms with Crippen LogP contribution in [0.15, 0.2) is 84.1 Å². The number of aliphatic carboxylic acids is 1. The van der Waals surface area contributed by atoms with Gasteiger partial charge in [0.05, 0.1) is 0 Å². The number of aryl methyl sites for hydroxylation is 1. The molecule has 6 heteroatoms. The lowest BCUT2D eigenvalue weighted by Gasteiger charge is -2.22. The molecule has 1 heterocycles. The number of benzene rings is 2. The lowest BCUT2D eigenvalue weighted by molar-refractivity contribution is -0.145. The van der Waals surface area contributed by atoms with E-state index in [1.54, 1.807) is 6.08 Å². The van der Waals surface area contributed by atoms with Gasteiger partial charge in [0.25, 0.3) is 5.91 Å². The van der Waals surface area contributed by atoms with Gasteiger partial charge in [0, 0.05) is 6.42 Å². The number of nitrogens with zero attached hydrogens (tertiary/aromatic N) is 1. The third-order valence-electron chi connectivity index (χ3n) is 5.25. The first-order valence-electron chi connectivity index (χ1n) is 11.7. The zero-order valence-corrected chi connectivity index (χ0v) is 21.9. The second kappa shape index (κ2) is 13.4. The summed E-state index contributed by atoms with van der Waals surface area (Å²) in [5.74, 6) is -1.54. The maximum absolute atomic E-state index is 13.0. The second-order valence-corrected chi connectivity index (χ2v) is 8.93. The summed E-state index contributed by atoms with van der Waals surface area (Å²) in [5, 5.41) is 12.7. The molecule has 0 spiro atoms. The van der Waals surface area contributed by atoms with E-state index in [1.165, 1.54) is 12.0 Å². The van der Waals surface area contributed by atoms with Crippen molar-refractivity contribution in [2.75, 3.05) is 0 Å². The SMILES string of the molecule is CC(=C\C=C(/C)c1ccc(C)cc1)/C=C1/NC(=S)N(C(Cc2ccccc2)C(=O)O)C1=O.CCC. The van der Waals surface area contributed by atoms with E-state index in [4.69, 9.17) is 12.2 Å². The van der Waals surface area contributed by atoms with Gasteiger partial charge in [-0.15, -0.1) is 0 Å². The van der Waals surface area contributed by atoms with Crippen LogP contribution in [0.1, 0.15) is 50.8 Å². The second-order valence-electron chi connectivity index (χ2n) is 8.54. The molecule has 0 aromatic heterocycles. The Labute approximate surface area is 213 Å². The topological polar surface area (TPSA) is 69.6 Å². The number of carboxylic acid groups (broad SMARTS) is 1. The highest BCUT2D eigenvalue weighted by molar-refractivity contribution is 7.80. The third kappa shape index (κ3) is 8.04. The Bertz CT molecular complexity index is 1130. The van der Waals surface area contributed by atoms with Crippen molar-refractivity contribution in [2.45, 2.75) is 53.5 Å². The first-order valence-corrected chi connectivity index (χ1v) is 12.1. The van der Waals surface area contributed by atoms with Gasteiger partial charge in [0.1, 0.15) is 11.7 Å². The molecule has 0 aliphatic carbocycles. The molecule has 0 saturated carbocycles. The van der Waals surface area contributed by atoms with E-state index < -0.39 is 17.9 Å². The minimum atomic E-state index is -1.10. The Morgan fingerprint density at radius 3 is 2.23 bits per heavy atom. The number of rotatable bonds is 7. The lowest BCUT2D eigenvalue weighted by atomic mass is 10.0. The molecular formula is C29H34N2O3S. The molecule has 2 aromatic rings. The summed E-state index contributed by atoms with van der Waals surface area (Å²) >= 11 is 5.30. The van der Waals surface area contributed by atoms with Gasteiger partial charge >= 0.3 is 5.97 Å². The maximum atomic E-state index is 13.0. The van der Waals surface area contributed by atoms with Gasteiger partial charge in [-0.25, -0.2) is 4.79 Å². The van der Waals surface area contributed by atoms with Crippen LogP contribution < -0.4 is 5.32 Å². The van der Waals surface area contributed by atoms with Gasteiger partial charge < -0.3 is 10.4 Å². The van der Waals surface area contributed by atoms with Gasteiger partial charge in [-0.05, 0) is 61.3 Å². The van der Waals surface area contributed by atoms with E-state index in [-0.39, 0.29) is 17.2 Å². The molecule has 3 rings (SSSR count). The number of carbonyl (C=O) groups is 2. The van der Waals surface area contributed by atoms with Crippen LogP contribution in [0.3, 0.4) is 0 Å². The minimum Gasteiger partial charge on any atom is -0.480 e. The van der Waals surface area contributed by atoms with Crippen molar-refractivity contribution < 1.29 is 14.7 Å². The first kappa shape index (κ1) is 27.7. The number of hydrogen-bond acceptors (Lipinski definition) is 3. The highest BCUT2D eigenvalue weighted by Gasteiger charge is 2.39. The van der Waals surface area contributed by atoms with E-state index in [9.17, 15) is 14.7 Å². The largest absolute Gasteiger partial charge is 0.480 e. The van der Waals surface area contributed by atoms with Crippen LogP contribution in [0, 0.1) is 6.92 Å². The van der Waals surface area contributed by atoms with Crippen LogP contribution in [-0.2, 0) is 16.0 Å². The molecule has 1 aliphatic heterocycles. The average Bonchev–Trinajstić information content (AvgIpc) is 3.09. The zero-order chi connectivity index (χ0) is 26.0. The molecular weight excluding hydrogens is 456 g/mol. The van der Waals surface area contributed by atoms with Crippen molar-refractivity contribution in [3.63, 3.8) is 0 Å². The molecule has 1 fully saturated rings. The number of allylic oxidation sites excluding steroid dienone is 5. The molecule has 1 amide bonds. The fraction of sp³-hybridized carbons (Fsp3) is 0.276. The number of hydrogen-bond donors (Lipinski definition) is 2. The van der Waals surface area contributed by atoms with Gasteiger partial charge in [-0.1, -0.05) is 92.6 Å². The molecule has 2 aromatic carbocycles. The van der Waals surface area contributed by atoms with Crippen molar-refractivity contribution in [3.8, 4) is 0 Å². The van der Waals surface area contributed by atoms with Crippen molar-refractivity contribution >= 4 is 34.8 Å². The van der Waals surface area contributed by atoms with Crippen molar-refractivity contribution in [3.05, 3.63) is 101 Å². The standard InChI is InChI=1S/C26H26N2O3S.C3H8/c1-17-10-13-21(14-11-17)19(3)12-9-18(2)15-22-24(29)28(26(32)27-22)23(25(30)31)16-20-7-5-4-6-8-20;1-3-2/h4-15,23H,16H2,1-3H3,(H,27,32)(H,30,31);3H2,1-2H3/b18-9+,19-12+,22-15+;. The molecule has 35 heavy (non-hydrogen) atoms. The summed E-state index contributed by atoms with van der Waals surface area (Å²) in [4.78, 5) is 26.1. The number of nitrogens with one attached hydrogen (secondary N) is 1. The Hall–Kier alpha value is -3.51. The normalized spacial score (nSPS) is 16.0. The monoisotopic (exact) mass is 490 g/mol. The van der Waals surface area contributed by atoms with Crippen LogP contribution in [-0.4, -0.2) is 33.0 Å². The Morgan fingerprint density at radius 2 is 1.66 bits per heavy atom. The summed E-state index contributed by atoms with van der Waals surface area (Å²) in [5.41, 5.74) is 5.35. The molecule has 1 saturated heterocycles. The summed E-state index contributed by atoms with van der Waals surface area (Å²) < 4.78 is 0. The van der Waals surface area contributed by atoms with Crippen molar-refractivity contribution in [1.29, 1.82) is 0 Å². The molecule has 5 nitrogen and oxygen atoms in total. The van der Waals surface area contributed by atoms with Crippen LogP contribution in [0.5, 0.6) is 0 Å². The Balaban J connectivity index is 0.00000137. The molecule has 0 radical (unpaired) electrons. The van der Waals surface area contributed by atoms with E-state index in [0.29, 0.717) is 0 Å². The first-order chi connectivity index (χ1) is 16.7.